The average Bonchev–Trinajstić information content (AvgIpc) is 2.23. The number of anilines is 1. The molecule has 2 rings (SSSR count). The topological polar surface area (TPSA) is 58.9 Å². The Bertz CT molecular complexity index is 488. The normalized spacial score (nSPS) is 10.0. The Morgan fingerprint density at radius 3 is 2.36 bits per heavy atom. The van der Waals surface area contributed by atoms with Crippen molar-refractivity contribution in [3.63, 3.8) is 0 Å². The molecule has 1 aromatic carbocycles. The number of aromatic nitrogens is 1. The first kappa shape index (κ1) is 8.56. The van der Waals surface area contributed by atoms with Crippen molar-refractivity contribution in [2.75, 3.05) is 5.73 Å². The van der Waals surface area contributed by atoms with Crippen molar-refractivity contribution >= 4 is 5.69 Å². The van der Waals surface area contributed by atoms with Crippen LogP contribution in [0.5, 0.6) is 0 Å². The van der Waals surface area contributed by atoms with Crippen LogP contribution >= 0.6 is 0 Å². The fourth-order valence-corrected chi connectivity index (χ4v) is 1.27. The number of benzene rings is 1. The molecule has 0 aliphatic heterocycles. The predicted molar refractivity (Wildman–Crippen MR) is 56.9 cm³/mol. The zero-order valence-corrected chi connectivity index (χ0v) is 7.53. The van der Waals surface area contributed by atoms with Gasteiger partial charge in [-0.15, -0.1) is 0 Å². The molecule has 0 atom stereocenters. The molecule has 0 fully saturated rings. The van der Waals surface area contributed by atoms with Crippen LogP contribution in [-0.2, 0) is 0 Å². The molecule has 1 aromatic heterocycles. The fraction of sp³-hybridized carbons (Fsp3) is 0. The van der Waals surface area contributed by atoms with Gasteiger partial charge in [-0.25, -0.2) is 0 Å². The molecule has 2 aromatic rings. The highest BCUT2D eigenvalue weighted by Gasteiger charge is 1.98. The second-order valence-corrected chi connectivity index (χ2v) is 3.02. The van der Waals surface area contributed by atoms with Gasteiger partial charge in [0.15, 0.2) is 0 Å². The molecule has 0 bridgehead atoms. The number of nitrogens with one attached hydrogen (secondary N) is 1. The Labute approximate surface area is 81.2 Å². The molecule has 1 heterocycles. The average molecular weight is 186 g/mol. The second kappa shape index (κ2) is 3.38. The van der Waals surface area contributed by atoms with Crippen LogP contribution in [0.3, 0.4) is 0 Å². The minimum Gasteiger partial charge on any atom is -0.394 e. The van der Waals surface area contributed by atoms with Crippen LogP contribution in [-0.4, -0.2) is 4.98 Å². The van der Waals surface area contributed by atoms with Crippen LogP contribution in [0.2, 0.25) is 0 Å². The molecule has 0 spiro atoms. The zero-order valence-electron chi connectivity index (χ0n) is 7.53. The first-order valence-electron chi connectivity index (χ1n) is 4.31. The summed E-state index contributed by atoms with van der Waals surface area (Å²) in [5, 5.41) is 0. The molecule has 3 heteroatoms. The molecule has 0 saturated carbocycles. The van der Waals surface area contributed by atoms with Gasteiger partial charge < -0.3 is 10.7 Å². The lowest BCUT2D eigenvalue weighted by molar-refractivity contribution is 1.25. The van der Waals surface area contributed by atoms with Gasteiger partial charge in [0.25, 0.3) is 5.56 Å². The van der Waals surface area contributed by atoms with Crippen molar-refractivity contribution in [1.29, 1.82) is 0 Å². The highest BCUT2D eigenvalue weighted by molar-refractivity contribution is 5.60. The third kappa shape index (κ3) is 1.52. The number of rotatable bonds is 1. The number of hydrogen-bond donors (Lipinski definition) is 2. The van der Waals surface area contributed by atoms with Gasteiger partial charge in [0.05, 0.1) is 5.69 Å². The van der Waals surface area contributed by atoms with E-state index in [0.717, 1.165) is 11.3 Å². The van der Waals surface area contributed by atoms with Gasteiger partial charge in [-0.2, -0.15) is 0 Å². The second-order valence-electron chi connectivity index (χ2n) is 3.02. The predicted octanol–water partition coefficient (Wildman–Crippen LogP) is 1.62. The van der Waals surface area contributed by atoms with Gasteiger partial charge in [0.1, 0.15) is 0 Å². The fourth-order valence-electron chi connectivity index (χ4n) is 1.27. The van der Waals surface area contributed by atoms with Crippen LogP contribution in [0, 0.1) is 0 Å². The summed E-state index contributed by atoms with van der Waals surface area (Å²) in [5.74, 6) is 0. The quantitative estimate of drug-likeness (QED) is 0.711. The first-order valence-corrected chi connectivity index (χ1v) is 4.31. The molecule has 3 nitrogen and oxygen atoms in total. The molecule has 0 unspecified atom stereocenters. The number of aromatic amines is 1. The number of nitrogens with two attached hydrogens (primary N) is 1. The standard InChI is InChI=1S/C11H10N2O/c12-9-6-7-10(13-11(9)14)8-4-2-1-3-5-8/h1-7H,12H2,(H,13,14). The van der Waals surface area contributed by atoms with Crippen molar-refractivity contribution < 1.29 is 0 Å². The summed E-state index contributed by atoms with van der Waals surface area (Å²) in [6.07, 6.45) is 0. The van der Waals surface area contributed by atoms with Crippen molar-refractivity contribution in [2.24, 2.45) is 0 Å². The van der Waals surface area contributed by atoms with Gasteiger partial charge in [-0.05, 0) is 17.7 Å². The highest BCUT2D eigenvalue weighted by Crippen LogP contribution is 2.14. The monoisotopic (exact) mass is 186 g/mol. The van der Waals surface area contributed by atoms with E-state index in [1.807, 2.05) is 30.3 Å². The summed E-state index contributed by atoms with van der Waals surface area (Å²) in [7, 11) is 0. The molecule has 14 heavy (non-hydrogen) atoms. The summed E-state index contributed by atoms with van der Waals surface area (Å²) in [4.78, 5) is 13.9. The maximum absolute atomic E-state index is 11.2. The Kier molecular flexibility index (Phi) is 2.07. The lowest BCUT2D eigenvalue weighted by Gasteiger charge is -2.00. The Morgan fingerprint density at radius 1 is 1.00 bits per heavy atom. The Balaban J connectivity index is 2.54. The molecule has 3 N–H and O–H groups in total. The largest absolute Gasteiger partial charge is 0.394 e. The Hall–Kier alpha value is -2.03. The van der Waals surface area contributed by atoms with Crippen LogP contribution in [0.15, 0.2) is 47.3 Å². The van der Waals surface area contributed by atoms with Crippen molar-refractivity contribution in [2.45, 2.75) is 0 Å². The molecule has 0 saturated heterocycles. The summed E-state index contributed by atoms with van der Waals surface area (Å²) in [5.41, 5.74) is 7.18. The van der Waals surface area contributed by atoms with Crippen molar-refractivity contribution in [3.05, 3.63) is 52.8 Å². The molecule has 0 aliphatic carbocycles. The molecule has 0 radical (unpaired) electrons. The third-order valence-electron chi connectivity index (χ3n) is 2.02. The van der Waals surface area contributed by atoms with Crippen LogP contribution < -0.4 is 11.3 Å². The van der Waals surface area contributed by atoms with E-state index in [4.69, 9.17) is 5.73 Å². The zero-order chi connectivity index (χ0) is 9.97. The third-order valence-corrected chi connectivity index (χ3v) is 2.02. The number of pyridine rings is 1. The van der Waals surface area contributed by atoms with Crippen molar-refractivity contribution in [1.82, 2.24) is 4.98 Å². The van der Waals surface area contributed by atoms with Gasteiger partial charge in [0, 0.05) is 5.69 Å². The maximum Gasteiger partial charge on any atom is 0.271 e. The molecular weight excluding hydrogens is 176 g/mol. The molecule has 70 valence electrons. The molecular formula is C11H10N2O. The smallest absolute Gasteiger partial charge is 0.271 e. The van der Waals surface area contributed by atoms with Crippen LogP contribution in [0.25, 0.3) is 11.3 Å². The van der Waals surface area contributed by atoms with E-state index in [1.54, 1.807) is 12.1 Å². The summed E-state index contributed by atoms with van der Waals surface area (Å²) < 4.78 is 0. The van der Waals surface area contributed by atoms with E-state index in [1.165, 1.54) is 0 Å². The van der Waals surface area contributed by atoms with Gasteiger partial charge in [0.2, 0.25) is 0 Å². The maximum atomic E-state index is 11.2. The summed E-state index contributed by atoms with van der Waals surface area (Å²) in [6, 6.07) is 13.0. The number of H-pyrrole nitrogens is 1. The van der Waals surface area contributed by atoms with E-state index in [0.29, 0.717) is 0 Å². The van der Waals surface area contributed by atoms with E-state index >= 15 is 0 Å². The van der Waals surface area contributed by atoms with Crippen LogP contribution in [0.1, 0.15) is 0 Å². The summed E-state index contributed by atoms with van der Waals surface area (Å²) >= 11 is 0. The van der Waals surface area contributed by atoms with E-state index in [-0.39, 0.29) is 11.2 Å². The lowest BCUT2D eigenvalue weighted by Crippen LogP contribution is -2.11. The lowest BCUT2D eigenvalue weighted by atomic mass is 10.1. The SMILES string of the molecule is Nc1ccc(-c2ccccc2)[nH]c1=O. The molecule has 0 aliphatic rings. The molecule has 0 amide bonds. The minimum atomic E-state index is -0.244. The first-order chi connectivity index (χ1) is 6.77. The minimum absolute atomic E-state index is 0.240. The Morgan fingerprint density at radius 2 is 1.71 bits per heavy atom. The van der Waals surface area contributed by atoms with E-state index in [9.17, 15) is 4.79 Å². The van der Waals surface area contributed by atoms with Crippen molar-refractivity contribution in [3.8, 4) is 11.3 Å². The number of hydrogen-bond acceptors (Lipinski definition) is 2. The number of nitrogen functional groups attached to an aromatic ring is 1. The van der Waals surface area contributed by atoms with Crippen LogP contribution in [0.4, 0.5) is 5.69 Å². The summed E-state index contributed by atoms with van der Waals surface area (Å²) in [6.45, 7) is 0. The van der Waals surface area contributed by atoms with Gasteiger partial charge >= 0.3 is 0 Å². The van der Waals surface area contributed by atoms with Gasteiger partial charge in [-0.3, -0.25) is 4.79 Å². The highest BCUT2D eigenvalue weighted by atomic mass is 16.1. The van der Waals surface area contributed by atoms with Gasteiger partial charge in [-0.1, -0.05) is 30.3 Å². The van der Waals surface area contributed by atoms with E-state index < -0.39 is 0 Å². The van der Waals surface area contributed by atoms with E-state index in [2.05, 4.69) is 4.98 Å².